The van der Waals surface area contributed by atoms with Crippen LogP contribution >= 0.6 is 0 Å². The minimum absolute atomic E-state index is 0.0930. The van der Waals surface area contributed by atoms with E-state index >= 15 is 0 Å². The van der Waals surface area contributed by atoms with Crippen molar-refractivity contribution in [3.8, 4) is 0 Å². The summed E-state index contributed by atoms with van der Waals surface area (Å²) >= 11 is 0. The minimum Gasteiger partial charge on any atom is -0.324 e. The number of rotatable bonds is 5. The predicted octanol–water partition coefficient (Wildman–Crippen LogP) is 2.00. The van der Waals surface area contributed by atoms with Gasteiger partial charge < -0.3 is 5.32 Å². The third kappa shape index (κ3) is 3.57. The number of carbonyl (C=O) groups is 3. The lowest BCUT2D eigenvalue weighted by molar-refractivity contribution is -0.143. The van der Waals surface area contributed by atoms with E-state index in [2.05, 4.69) is 5.32 Å². The van der Waals surface area contributed by atoms with Crippen LogP contribution in [0, 0.1) is 23.7 Å². The molecule has 1 saturated carbocycles. The zero-order valence-electron chi connectivity index (χ0n) is 17.8. The van der Waals surface area contributed by atoms with E-state index in [4.69, 9.17) is 0 Å². The van der Waals surface area contributed by atoms with Gasteiger partial charge in [0.1, 0.15) is 6.54 Å². The molecule has 3 fully saturated rings. The van der Waals surface area contributed by atoms with Crippen LogP contribution in [-0.4, -0.2) is 55.0 Å². The number of hydrogen-bond acceptors (Lipinski definition) is 5. The SMILES string of the molecule is O=C(CN1C(=O)[C@@H]2[C@H](C1=O)[C@@H]1C=C[C@H]2C1)Nc1cccc(S(=O)(=O)N2CCCCCC2)c1. The Morgan fingerprint density at radius 2 is 1.59 bits per heavy atom. The Morgan fingerprint density at radius 1 is 0.969 bits per heavy atom. The second-order valence-corrected chi connectivity index (χ2v) is 11.1. The van der Waals surface area contributed by atoms with Crippen molar-refractivity contribution in [2.45, 2.75) is 37.0 Å². The van der Waals surface area contributed by atoms with Crippen molar-refractivity contribution >= 4 is 33.4 Å². The molecule has 0 unspecified atom stereocenters. The molecule has 2 bridgehead atoms. The molecular weight excluding hydrogens is 430 g/mol. The standard InChI is InChI=1S/C23H27N3O5S/c27-19(14-26-22(28)20-15-8-9-16(12-15)21(20)23(26)29)24-17-6-5-7-18(13-17)32(30,31)25-10-3-1-2-4-11-25/h5-9,13,15-16,20-21H,1-4,10-12,14H2,(H,24,27)/t15-,16+,20-,21+. The fourth-order valence-corrected chi connectivity index (χ4v) is 7.19. The molecule has 3 amide bonds. The fraction of sp³-hybridized carbons (Fsp3) is 0.522. The molecule has 4 aliphatic rings. The maximum Gasteiger partial charge on any atom is 0.244 e. The van der Waals surface area contributed by atoms with E-state index in [1.165, 1.54) is 16.4 Å². The first-order valence-corrected chi connectivity index (χ1v) is 12.7. The highest BCUT2D eigenvalue weighted by Crippen LogP contribution is 2.52. The van der Waals surface area contributed by atoms with E-state index in [1.54, 1.807) is 12.1 Å². The number of benzene rings is 1. The number of nitrogens with one attached hydrogen (secondary N) is 1. The quantitative estimate of drug-likeness (QED) is 0.538. The highest BCUT2D eigenvalue weighted by molar-refractivity contribution is 7.89. The molecule has 8 nitrogen and oxygen atoms in total. The number of carbonyl (C=O) groups excluding carboxylic acids is 3. The molecule has 2 aliphatic heterocycles. The Labute approximate surface area is 187 Å². The van der Waals surface area contributed by atoms with Gasteiger partial charge in [-0.3, -0.25) is 19.3 Å². The van der Waals surface area contributed by atoms with Crippen LogP contribution in [0.15, 0.2) is 41.3 Å². The minimum atomic E-state index is -3.64. The summed E-state index contributed by atoms with van der Waals surface area (Å²) in [6.07, 6.45) is 8.59. The van der Waals surface area contributed by atoms with Crippen LogP contribution in [0.1, 0.15) is 32.1 Å². The van der Waals surface area contributed by atoms with Crippen LogP contribution in [0.3, 0.4) is 0 Å². The van der Waals surface area contributed by atoms with Gasteiger partial charge in [0.2, 0.25) is 27.7 Å². The van der Waals surface area contributed by atoms with E-state index in [0.717, 1.165) is 37.0 Å². The third-order valence-corrected chi connectivity index (χ3v) is 9.08. The number of likely N-dealkylation sites (tertiary alicyclic amines) is 1. The largest absolute Gasteiger partial charge is 0.324 e. The molecule has 2 aliphatic carbocycles. The molecule has 0 aromatic heterocycles. The first kappa shape index (κ1) is 21.3. The second kappa shape index (κ2) is 8.12. The fourth-order valence-electron chi connectivity index (χ4n) is 5.63. The molecule has 4 atom stereocenters. The van der Waals surface area contributed by atoms with Crippen LogP contribution in [-0.2, 0) is 24.4 Å². The average molecular weight is 458 g/mol. The summed E-state index contributed by atoms with van der Waals surface area (Å²) in [6, 6.07) is 6.14. The van der Waals surface area contributed by atoms with E-state index in [0.29, 0.717) is 18.8 Å². The number of anilines is 1. The molecule has 1 aromatic rings. The molecule has 5 rings (SSSR count). The van der Waals surface area contributed by atoms with Gasteiger partial charge in [0.25, 0.3) is 0 Å². The lowest BCUT2D eigenvalue weighted by Crippen LogP contribution is -2.39. The van der Waals surface area contributed by atoms with Gasteiger partial charge in [0.05, 0.1) is 16.7 Å². The van der Waals surface area contributed by atoms with Crippen molar-refractivity contribution in [3.63, 3.8) is 0 Å². The number of allylic oxidation sites excluding steroid dienone is 2. The maximum atomic E-state index is 13.0. The molecule has 32 heavy (non-hydrogen) atoms. The van der Waals surface area contributed by atoms with Gasteiger partial charge in [-0.25, -0.2) is 8.42 Å². The number of fused-ring (bicyclic) bond motifs is 5. The highest BCUT2D eigenvalue weighted by Gasteiger charge is 2.59. The monoisotopic (exact) mass is 457 g/mol. The Hall–Kier alpha value is -2.52. The summed E-state index contributed by atoms with van der Waals surface area (Å²) in [4.78, 5) is 39.4. The van der Waals surface area contributed by atoms with Crippen LogP contribution in [0.2, 0.25) is 0 Å². The van der Waals surface area contributed by atoms with Crippen molar-refractivity contribution in [2.24, 2.45) is 23.7 Å². The molecule has 0 radical (unpaired) electrons. The van der Waals surface area contributed by atoms with Crippen molar-refractivity contribution < 1.29 is 22.8 Å². The van der Waals surface area contributed by atoms with Gasteiger partial charge in [0, 0.05) is 18.8 Å². The average Bonchev–Trinajstić information content (AvgIpc) is 3.36. The van der Waals surface area contributed by atoms with E-state index in [1.807, 2.05) is 12.2 Å². The lowest BCUT2D eigenvalue weighted by Gasteiger charge is -2.20. The van der Waals surface area contributed by atoms with Gasteiger partial charge in [-0.05, 0) is 49.3 Å². The summed E-state index contributed by atoms with van der Waals surface area (Å²) in [5.41, 5.74) is 0.326. The van der Waals surface area contributed by atoms with Crippen LogP contribution in [0.5, 0.6) is 0 Å². The van der Waals surface area contributed by atoms with Gasteiger partial charge in [-0.2, -0.15) is 4.31 Å². The molecule has 1 aromatic carbocycles. The van der Waals surface area contributed by atoms with Crippen LogP contribution < -0.4 is 5.32 Å². The zero-order chi connectivity index (χ0) is 22.5. The Balaban J connectivity index is 1.27. The molecule has 2 heterocycles. The van der Waals surface area contributed by atoms with Crippen molar-refractivity contribution in [1.29, 1.82) is 0 Å². The second-order valence-electron chi connectivity index (χ2n) is 9.16. The first-order valence-electron chi connectivity index (χ1n) is 11.3. The van der Waals surface area contributed by atoms with Crippen molar-refractivity contribution in [1.82, 2.24) is 9.21 Å². The summed E-state index contributed by atoms with van der Waals surface area (Å²) < 4.78 is 27.6. The Morgan fingerprint density at radius 3 is 2.22 bits per heavy atom. The highest BCUT2D eigenvalue weighted by atomic mass is 32.2. The molecule has 9 heteroatoms. The van der Waals surface area contributed by atoms with Crippen LogP contribution in [0.4, 0.5) is 5.69 Å². The number of imide groups is 1. The molecule has 0 spiro atoms. The lowest BCUT2D eigenvalue weighted by atomic mass is 9.85. The van der Waals surface area contributed by atoms with Gasteiger partial charge in [-0.1, -0.05) is 31.1 Å². The maximum absolute atomic E-state index is 13.0. The van der Waals surface area contributed by atoms with Crippen LogP contribution in [0.25, 0.3) is 0 Å². The Kier molecular flexibility index (Phi) is 5.41. The summed E-state index contributed by atoms with van der Waals surface area (Å²) in [6.45, 7) is 0.641. The van der Waals surface area contributed by atoms with Gasteiger partial charge in [-0.15, -0.1) is 0 Å². The molecular formula is C23H27N3O5S. The summed E-state index contributed by atoms with van der Waals surface area (Å²) in [5, 5.41) is 2.66. The number of amides is 3. The molecule has 170 valence electrons. The smallest absolute Gasteiger partial charge is 0.244 e. The topological polar surface area (TPSA) is 104 Å². The normalized spacial score (nSPS) is 29.9. The number of nitrogens with zero attached hydrogens (tertiary/aromatic N) is 2. The number of hydrogen-bond donors (Lipinski definition) is 1. The first-order chi connectivity index (χ1) is 15.4. The van der Waals surface area contributed by atoms with E-state index in [9.17, 15) is 22.8 Å². The summed E-state index contributed by atoms with van der Waals surface area (Å²) in [7, 11) is -3.64. The summed E-state index contributed by atoms with van der Waals surface area (Å²) in [5.74, 6) is -1.56. The molecule has 2 saturated heterocycles. The van der Waals surface area contributed by atoms with Gasteiger partial charge >= 0.3 is 0 Å². The number of sulfonamides is 1. The van der Waals surface area contributed by atoms with Gasteiger partial charge in [0.15, 0.2) is 0 Å². The van der Waals surface area contributed by atoms with E-state index < -0.39 is 15.9 Å². The zero-order valence-corrected chi connectivity index (χ0v) is 18.6. The van der Waals surface area contributed by atoms with E-state index in [-0.39, 0.29) is 46.9 Å². The third-order valence-electron chi connectivity index (χ3n) is 7.18. The Bertz CT molecular complexity index is 1060. The van der Waals surface area contributed by atoms with Crippen molar-refractivity contribution in [3.05, 3.63) is 36.4 Å². The van der Waals surface area contributed by atoms with Crippen molar-refractivity contribution in [2.75, 3.05) is 25.0 Å². The molecule has 1 N–H and O–H groups in total. The predicted molar refractivity (Wildman–Crippen MR) is 117 cm³/mol.